The first kappa shape index (κ1) is 11.9. The second kappa shape index (κ2) is 6.35. The Morgan fingerprint density at radius 3 is 2.86 bits per heavy atom. The summed E-state index contributed by atoms with van der Waals surface area (Å²) in [6.07, 6.45) is 2.42. The van der Waals surface area contributed by atoms with Gasteiger partial charge in [-0.15, -0.1) is 0 Å². The lowest BCUT2D eigenvalue weighted by molar-refractivity contribution is -0.0723. The van der Waals surface area contributed by atoms with Crippen molar-refractivity contribution in [1.29, 1.82) is 0 Å². The first-order valence-corrected chi connectivity index (χ1v) is 5.45. The van der Waals surface area contributed by atoms with E-state index in [0.717, 1.165) is 32.5 Å². The van der Waals surface area contributed by atoms with Crippen molar-refractivity contribution in [3.63, 3.8) is 0 Å². The molecule has 0 amide bonds. The summed E-state index contributed by atoms with van der Waals surface area (Å²) in [5, 5.41) is 8.68. The van der Waals surface area contributed by atoms with Crippen LogP contribution in [0.3, 0.4) is 0 Å². The van der Waals surface area contributed by atoms with E-state index in [4.69, 9.17) is 15.6 Å². The number of hydrogen-bond donors (Lipinski definition) is 2. The van der Waals surface area contributed by atoms with Crippen molar-refractivity contribution in [2.45, 2.75) is 32.0 Å². The van der Waals surface area contributed by atoms with E-state index in [0.29, 0.717) is 13.2 Å². The zero-order valence-corrected chi connectivity index (χ0v) is 8.98. The minimum absolute atomic E-state index is 0.188. The van der Waals surface area contributed by atoms with Gasteiger partial charge in [0.15, 0.2) is 0 Å². The molecule has 0 aromatic heterocycles. The highest BCUT2D eigenvalue weighted by atomic mass is 16.5. The first-order valence-electron chi connectivity index (χ1n) is 5.45. The van der Waals surface area contributed by atoms with Crippen LogP contribution in [0.2, 0.25) is 0 Å². The van der Waals surface area contributed by atoms with Crippen molar-refractivity contribution in [2.75, 3.05) is 32.8 Å². The minimum atomic E-state index is 0.188. The number of aliphatic hydroxyl groups is 1. The summed E-state index contributed by atoms with van der Waals surface area (Å²) >= 11 is 0. The number of ether oxygens (including phenoxy) is 1. The molecule has 4 nitrogen and oxygen atoms in total. The van der Waals surface area contributed by atoms with Crippen LogP contribution in [0.1, 0.15) is 19.8 Å². The molecule has 1 aliphatic heterocycles. The molecule has 1 saturated heterocycles. The molecule has 0 saturated carbocycles. The number of unbranched alkanes of at least 4 members (excludes halogenated alkanes) is 1. The van der Waals surface area contributed by atoms with E-state index in [1.54, 1.807) is 0 Å². The van der Waals surface area contributed by atoms with Crippen LogP contribution in [0, 0.1) is 0 Å². The zero-order chi connectivity index (χ0) is 10.4. The van der Waals surface area contributed by atoms with Crippen molar-refractivity contribution in [1.82, 2.24) is 4.90 Å². The largest absolute Gasteiger partial charge is 0.396 e. The fraction of sp³-hybridized carbons (Fsp3) is 1.00. The van der Waals surface area contributed by atoms with E-state index in [-0.39, 0.29) is 12.2 Å². The monoisotopic (exact) mass is 202 g/mol. The zero-order valence-electron chi connectivity index (χ0n) is 8.98. The van der Waals surface area contributed by atoms with Crippen LogP contribution in [0.15, 0.2) is 0 Å². The van der Waals surface area contributed by atoms with Gasteiger partial charge in [0.05, 0.1) is 12.2 Å². The lowest BCUT2D eigenvalue weighted by Crippen LogP contribution is -2.49. The summed E-state index contributed by atoms with van der Waals surface area (Å²) in [5.74, 6) is 0. The van der Waals surface area contributed by atoms with Crippen LogP contribution in [0.4, 0.5) is 0 Å². The molecule has 2 atom stereocenters. The van der Waals surface area contributed by atoms with Gasteiger partial charge in [0.2, 0.25) is 0 Å². The van der Waals surface area contributed by atoms with Crippen LogP contribution >= 0.6 is 0 Å². The van der Waals surface area contributed by atoms with E-state index < -0.39 is 0 Å². The van der Waals surface area contributed by atoms with Crippen LogP contribution in [0.25, 0.3) is 0 Å². The topological polar surface area (TPSA) is 58.7 Å². The molecule has 0 bridgehead atoms. The third-order valence-corrected chi connectivity index (χ3v) is 2.55. The molecule has 84 valence electrons. The normalized spacial score (nSPS) is 29.4. The third kappa shape index (κ3) is 3.92. The van der Waals surface area contributed by atoms with Crippen LogP contribution in [0.5, 0.6) is 0 Å². The van der Waals surface area contributed by atoms with Gasteiger partial charge in [-0.3, -0.25) is 4.90 Å². The fourth-order valence-corrected chi connectivity index (χ4v) is 1.90. The highest BCUT2D eigenvalue weighted by Gasteiger charge is 2.23. The summed E-state index contributed by atoms with van der Waals surface area (Å²) in [6, 6.07) is 0. The van der Waals surface area contributed by atoms with Crippen molar-refractivity contribution < 1.29 is 9.84 Å². The summed E-state index contributed by atoms with van der Waals surface area (Å²) in [7, 11) is 0. The van der Waals surface area contributed by atoms with Gasteiger partial charge in [0.25, 0.3) is 0 Å². The molecule has 0 radical (unpaired) electrons. The molecular formula is C10H22N2O2. The third-order valence-electron chi connectivity index (χ3n) is 2.55. The van der Waals surface area contributed by atoms with Crippen molar-refractivity contribution in [3.05, 3.63) is 0 Å². The Labute approximate surface area is 86.0 Å². The highest BCUT2D eigenvalue weighted by Crippen LogP contribution is 2.10. The van der Waals surface area contributed by atoms with Gasteiger partial charge in [0.1, 0.15) is 0 Å². The smallest absolute Gasteiger partial charge is 0.0828 e. The van der Waals surface area contributed by atoms with E-state index in [1.165, 1.54) is 0 Å². The summed E-state index contributed by atoms with van der Waals surface area (Å²) in [4.78, 5) is 2.38. The maximum Gasteiger partial charge on any atom is 0.0828 e. The minimum Gasteiger partial charge on any atom is -0.396 e. The summed E-state index contributed by atoms with van der Waals surface area (Å²) < 4.78 is 5.66. The second-order valence-electron chi connectivity index (χ2n) is 3.99. The number of aliphatic hydroxyl groups excluding tert-OH is 1. The van der Waals surface area contributed by atoms with Crippen LogP contribution in [-0.4, -0.2) is 55.0 Å². The number of morpholine rings is 1. The fourth-order valence-electron chi connectivity index (χ4n) is 1.90. The van der Waals surface area contributed by atoms with E-state index in [1.807, 2.05) is 0 Å². The molecule has 0 aliphatic carbocycles. The number of nitrogens with zero attached hydrogens (tertiary/aromatic N) is 1. The number of hydrogen-bond acceptors (Lipinski definition) is 4. The maximum absolute atomic E-state index is 8.68. The Kier molecular flexibility index (Phi) is 5.40. The van der Waals surface area contributed by atoms with Gasteiger partial charge in [-0.2, -0.15) is 0 Å². The number of rotatable bonds is 5. The van der Waals surface area contributed by atoms with Crippen LogP contribution in [-0.2, 0) is 4.74 Å². The predicted molar refractivity (Wildman–Crippen MR) is 56.1 cm³/mol. The Hall–Kier alpha value is -0.160. The molecule has 2 unspecified atom stereocenters. The van der Waals surface area contributed by atoms with E-state index >= 15 is 0 Å². The molecule has 0 aromatic carbocycles. The summed E-state index contributed by atoms with van der Waals surface area (Å²) in [5.41, 5.74) is 5.59. The van der Waals surface area contributed by atoms with Gasteiger partial charge in [0, 0.05) is 26.2 Å². The molecule has 4 heteroatoms. The quantitative estimate of drug-likeness (QED) is 0.607. The molecule has 1 heterocycles. The van der Waals surface area contributed by atoms with E-state index in [2.05, 4.69) is 11.8 Å². The van der Waals surface area contributed by atoms with Gasteiger partial charge in [-0.25, -0.2) is 0 Å². The van der Waals surface area contributed by atoms with Gasteiger partial charge in [-0.05, 0) is 26.3 Å². The Morgan fingerprint density at radius 2 is 2.21 bits per heavy atom. The molecule has 0 aromatic rings. The van der Waals surface area contributed by atoms with E-state index in [9.17, 15) is 0 Å². The molecule has 1 rings (SSSR count). The average molecular weight is 202 g/mol. The Morgan fingerprint density at radius 1 is 1.43 bits per heavy atom. The molecule has 0 spiro atoms. The highest BCUT2D eigenvalue weighted by molar-refractivity contribution is 4.76. The standard InChI is InChI=1S/C10H22N2O2/c1-9-7-12(4-2-3-5-13)8-10(6-11)14-9/h9-10,13H,2-8,11H2,1H3. The Balaban J connectivity index is 2.23. The first-order chi connectivity index (χ1) is 6.76. The van der Waals surface area contributed by atoms with Gasteiger partial charge in [-0.1, -0.05) is 0 Å². The maximum atomic E-state index is 8.68. The SMILES string of the molecule is CC1CN(CCCCO)CC(CN)O1. The molecular weight excluding hydrogens is 180 g/mol. The Bertz CT molecular complexity index is 155. The average Bonchev–Trinajstić information content (AvgIpc) is 2.17. The summed E-state index contributed by atoms with van der Waals surface area (Å²) in [6.45, 7) is 5.95. The molecule has 3 N–H and O–H groups in total. The van der Waals surface area contributed by atoms with Crippen molar-refractivity contribution >= 4 is 0 Å². The molecule has 1 aliphatic rings. The van der Waals surface area contributed by atoms with Crippen molar-refractivity contribution in [3.8, 4) is 0 Å². The number of nitrogens with two attached hydrogens (primary N) is 1. The van der Waals surface area contributed by atoms with Crippen molar-refractivity contribution in [2.24, 2.45) is 5.73 Å². The lowest BCUT2D eigenvalue weighted by Gasteiger charge is -2.36. The molecule has 14 heavy (non-hydrogen) atoms. The van der Waals surface area contributed by atoms with Gasteiger partial charge < -0.3 is 15.6 Å². The van der Waals surface area contributed by atoms with Crippen LogP contribution < -0.4 is 5.73 Å². The van der Waals surface area contributed by atoms with Gasteiger partial charge >= 0.3 is 0 Å². The predicted octanol–water partition coefficient (Wildman–Crippen LogP) is -0.193. The molecule has 1 fully saturated rings. The second-order valence-corrected chi connectivity index (χ2v) is 3.99. The lowest BCUT2D eigenvalue weighted by atomic mass is 10.2.